The van der Waals surface area contributed by atoms with Gasteiger partial charge in [0, 0.05) is 13.2 Å². The number of esters is 1. The molecule has 27 heavy (non-hydrogen) atoms. The molecule has 1 atom stereocenters. The van der Waals surface area contributed by atoms with Crippen molar-refractivity contribution in [2.24, 2.45) is 5.41 Å². The zero-order valence-corrected chi connectivity index (χ0v) is 18.3. The Morgan fingerprint density at radius 1 is 1.19 bits per heavy atom. The van der Waals surface area contributed by atoms with E-state index in [9.17, 15) is 4.79 Å². The molecule has 0 heterocycles. The number of hydrogen-bond donors (Lipinski definition) is 1. The second kappa shape index (κ2) is 9.93. The molecule has 0 radical (unpaired) electrons. The standard InChI is InChI=1S/C23H37NO3/c1-9-24-20(21(25)26-8)15-22(4,5)16-23(6,7)19-14-12-11-13-18(19)17(3)27-10-2/h11-15,17,24H,9-10,16H2,1-8H3/b20-15+. The molecule has 0 aliphatic rings. The maximum atomic E-state index is 12.1. The van der Waals surface area contributed by atoms with Crippen LogP contribution >= 0.6 is 0 Å². The number of carbonyl (C=O) groups is 1. The summed E-state index contributed by atoms with van der Waals surface area (Å²) in [5, 5.41) is 3.13. The van der Waals surface area contributed by atoms with Crippen LogP contribution in [0.15, 0.2) is 36.0 Å². The third kappa shape index (κ3) is 6.69. The van der Waals surface area contributed by atoms with E-state index in [1.54, 1.807) is 0 Å². The van der Waals surface area contributed by atoms with E-state index in [2.05, 4.69) is 64.2 Å². The summed E-state index contributed by atoms with van der Waals surface area (Å²) < 4.78 is 10.8. The lowest BCUT2D eigenvalue weighted by atomic mass is 9.69. The van der Waals surface area contributed by atoms with Crippen LogP contribution in [-0.4, -0.2) is 26.2 Å². The van der Waals surface area contributed by atoms with Crippen LogP contribution in [0.5, 0.6) is 0 Å². The summed E-state index contributed by atoms with van der Waals surface area (Å²) in [6, 6.07) is 8.49. The Bertz CT molecular complexity index is 647. The number of allylic oxidation sites excluding steroid dienone is 1. The molecular weight excluding hydrogens is 338 g/mol. The van der Waals surface area contributed by atoms with Crippen LogP contribution in [0.4, 0.5) is 0 Å². The van der Waals surface area contributed by atoms with Gasteiger partial charge in [-0.25, -0.2) is 4.79 Å². The highest BCUT2D eigenvalue weighted by atomic mass is 16.5. The van der Waals surface area contributed by atoms with E-state index in [1.165, 1.54) is 18.2 Å². The summed E-state index contributed by atoms with van der Waals surface area (Å²) in [6.07, 6.45) is 2.93. The van der Waals surface area contributed by atoms with E-state index in [-0.39, 0.29) is 22.9 Å². The average Bonchev–Trinajstić information content (AvgIpc) is 2.59. The van der Waals surface area contributed by atoms with Crippen LogP contribution in [0.2, 0.25) is 0 Å². The van der Waals surface area contributed by atoms with Crippen molar-refractivity contribution in [2.75, 3.05) is 20.3 Å². The van der Waals surface area contributed by atoms with Crippen molar-refractivity contribution in [3.8, 4) is 0 Å². The predicted octanol–water partition coefficient (Wildman–Crippen LogP) is 5.14. The monoisotopic (exact) mass is 375 g/mol. The first kappa shape index (κ1) is 23.2. The molecule has 0 amide bonds. The predicted molar refractivity (Wildman–Crippen MR) is 112 cm³/mol. The van der Waals surface area contributed by atoms with Crippen molar-refractivity contribution in [1.29, 1.82) is 0 Å². The Labute approximate surface area is 165 Å². The van der Waals surface area contributed by atoms with Gasteiger partial charge in [0.1, 0.15) is 5.70 Å². The number of methoxy groups -OCH3 is 1. The molecule has 0 saturated carbocycles. The van der Waals surface area contributed by atoms with Crippen molar-refractivity contribution in [1.82, 2.24) is 5.32 Å². The summed E-state index contributed by atoms with van der Waals surface area (Å²) >= 11 is 0. The third-order valence-corrected chi connectivity index (χ3v) is 4.75. The highest BCUT2D eigenvalue weighted by Gasteiger charge is 2.32. The molecule has 0 fully saturated rings. The van der Waals surface area contributed by atoms with Gasteiger partial charge in [0.15, 0.2) is 0 Å². The minimum atomic E-state index is -0.326. The van der Waals surface area contributed by atoms with Gasteiger partial charge in [-0.2, -0.15) is 0 Å². The van der Waals surface area contributed by atoms with E-state index in [0.29, 0.717) is 18.8 Å². The molecule has 0 aromatic heterocycles. The van der Waals surface area contributed by atoms with E-state index in [4.69, 9.17) is 9.47 Å². The van der Waals surface area contributed by atoms with Crippen LogP contribution < -0.4 is 5.32 Å². The quantitative estimate of drug-likeness (QED) is 0.454. The molecule has 0 saturated heterocycles. The van der Waals surface area contributed by atoms with Crippen molar-refractivity contribution >= 4 is 5.97 Å². The molecular formula is C23H37NO3. The Balaban J connectivity index is 3.20. The van der Waals surface area contributed by atoms with Gasteiger partial charge in [0.25, 0.3) is 0 Å². The van der Waals surface area contributed by atoms with Crippen molar-refractivity contribution in [2.45, 2.75) is 66.4 Å². The molecule has 1 aromatic rings. The fourth-order valence-electron chi connectivity index (χ4n) is 3.97. The van der Waals surface area contributed by atoms with E-state index in [1.807, 2.05) is 19.9 Å². The Morgan fingerprint density at radius 2 is 1.81 bits per heavy atom. The first-order chi connectivity index (χ1) is 12.6. The summed E-state index contributed by atoms with van der Waals surface area (Å²) in [5.74, 6) is -0.326. The highest BCUT2D eigenvalue weighted by Crippen LogP contribution is 2.40. The van der Waals surface area contributed by atoms with Gasteiger partial charge < -0.3 is 14.8 Å². The Morgan fingerprint density at radius 3 is 2.37 bits per heavy atom. The van der Waals surface area contributed by atoms with Crippen molar-refractivity contribution < 1.29 is 14.3 Å². The van der Waals surface area contributed by atoms with Gasteiger partial charge in [0.2, 0.25) is 0 Å². The molecule has 0 aliphatic carbocycles. The molecule has 4 nitrogen and oxygen atoms in total. The molecule has 4 heteroatoms. The molecule has 0 bridgehead atoms. The smallest absolute Gasteiger partial charge is 0.353 e. The fraction of sp³-hybridized carbons (Fsp3) is 0.609. The fourth-order valence-corrected chi connectivity index (χ4v) is 3.97. The molecule has 0 aliphatic heterocycles. The number of rotatable bonds is 10. The molecule has 0 spiro atoms. The van der Waals surface area contributed by atoms with Crippen LogP contribution in [-0.2, 0) is 19.7 Å². The highest BCUT2D eigenvalue weighted by molar-refractivity contribution is 5.87. The first-order valence-electron chi connectivity index (χ1n) is 9.84. The van der Waals surface area contributed by atoms with Crippen LogP contribution in [0.25, 0.3) is 0 Å². The number of ether oxygens (including phenoxy) is 2. The van der Waals surface area contributed by atoms with E-state index in [0.717, 1.165) is 6.42 Å². The van der Waals surface area contributed by atoms with Gasteiger partial charge in [0.05, 0.1) is 13.2 Å². The lowest BCUT2D eigenvalue weighted by Crippen LogP contribution is -2.30. The Kier molecular flexibility index (Phi) is 8.55. The van der Waals surface area contributed by atoms with E-state index >= 15 is 0 Å². The third-order valence-electron chi connectivity index (χ3n) is 4.75. The summed E-state index contributed by atoms with van der Waals surface area (Å²) in [5.41, 5.74) is 2.75. The second-order valence-electron chi connectivity index (χ2n) is 8.31. The molecule has 152 valence electrons. The van der Waals surface area contributed by atoms with Gasteiger partial charge in [-0.3, -0.25) is 0 Å². The summed E-state index contributed by atoms with van der Waals surface area (Å²) in [4.78, 5) is 12.1. The minimum absolute atomic E-state index is 0.0523. The lowest BCUT2D eigenvalue weighted by molar-refractivity contribution is -0.136. The van der Waals surface area contributed by atoms with Crippen LogP contribution in [0.1, 0.15) is 72.1 Å². The Hall–Kier alpha value is -1.81. The number of nitrogens with one attached hydrogen (secondary N) is 1. The number of hydrogen-bond acceptors (Lipinski definition) is 4. The van der Waals surface area contributed by atoms with Gasteiger partial charge in [-0.15, -0.1) is 0 Å². The maximum Gasteiger partial charge on any atom is 0.353 e. The number of carbonyl (C=O) groups excluding carboxylic acids is 1. The first-order valence-corrected chi connectivity index (χ1v) is 9.84. The van der Waals surface area contributed by atoms with Crippen LogP contribution in [0, 0.1) is 5.41 Å². The molecule has 1 rings (SSSR count). The zero-order chi connectivity index (χ0) is 20.7. The van der Waals surface area contributed by atoms with Gasteiger partial charge in [-0.05, 0) is 55.2 Å². The zero-order valence-electron chi connectivity index (χ0n) is 18.3. The second-order valence-corrected chi connectivity index (χ2v) is 8.31. The molecule has 1 aromatic carbocycles. The minimum Gasteiger partial charge on any atom is -0.464 e. The number of benzene rings is 1. The molecule has 1 unspecified atom stereocenters. The lowest BCUT2D eigenvalue weighted by Gasteiger charge is -2.36. The largest absolute Gasteiger partial charge is 0.464 e. The summed E-state index contributed by atoms with van der Waals surface area (Å²) in [7, 11) is 1.41. The normalized spacial score (nSPS) is 14.0. The number of likely N-dealkylation sites (N-methyl/N-ethyl adjacent to an activating group) is 1. The SMILES string of the molecule is CCN/C(=C/C(C)(C)CC(C)(C)c1ccccc1C(C)OCC)C(=O)OC. The topological polar surface area (TPSA) is 47.6 Å². The maximum absolute atomic E-state index is 12.1. The van der Waals surface area contributed by atoms with Crippen LogP contribution in [0.3, 0.4) is 0 Å². The van der Waals surface area contributed by atoms with Gasteiger partial charge in [-0.1, -0.05) is 52.0 Å². The van der Waals surface area contributed by atoms with Crippen molar-refractivity contribution in [3.05, 3.63) is 47.2 Å². The van der Waals surface area contributed by atoms with Gasteiger partial charge >= 0.3 is 5.97 Å². The van der Waals surface area contributed by atoms with E-state index < -0.39 is 0 Å². The van der Waals surface area contributed by atoms with Crippen molar-refractivity contribution in [3.63, 3.8) is 0 Å². The summed E-state index contributed by atoms with van der Waals surface area (Å²) in [6.45, 7) is 16.3. The molecule has 1 N–H and O–H groups in total. The average molecular weight is 376 g/mol.